The molecule has 1 aromatic rings. The average molecular weight is 372 g/mol. The van der Waals surface area contributed by atoms with Gasteiger partial charge in [0.1, 0.15) is 0 Å². The van der Waals surface area contributed by atoms with Gasteiger partial charge in [-0.2, -0.15) is 0 Å². The number of carbonyl (C=O) groups excluding carboxylic acids is 1. The summed E-state index contributed by atoms with van der Waals surface area (Å²) >= 11 is 14.9. The second-order valence-electron chi connectivity index (χ2n) is 3.39. The first-order chi connectivity index (χ1) is 8.86. The Hall–Kier alpha value is -1.02. The number of hydrogen-bond donors (Lipinski definition) is 4. The molecule has 0 aliphatic carbocycles. The van der Waals surface area contributed by atoms with Gasteiger partial charge in [0.15, 0.2) is 6.04 Å². The quantitative estimate of drug-likeness (QED) is 0.610. The van der Waals surface area contributed by atoms with Gasteiger partial charge in [0.25, 0.3) is 0 Å². The Balaban J connectivity index is 2.78. The fourth-order valence-electron chi connectivity index (χ4n) is 1.12. The molecule has 19 heavy (non-hydrogen) atoms. The van der Waals surface area contributed by atoms with E-state index in [1.165, 1.54) is 6.07 Å². The predicted molar refractivity (Wildman–Crippen MR) is 74.8 cm³/mol. The fraction of sp³-hybridized carbons (Fsp3) is 0.200. The Labute approximate surface area is 126 Å². The lowest BCUT2D eigenvalue weighted by Gasteiger charge is -2.14. The molecule has 6 nitrogen and oxygen atoms in total. The van der Waals surface area contributed by atoms with Gasteiger partial charge >= 0.3 is 12.0 Å². The van der Waals surface area contributed by atoms with Crippen LogP contribution >= 0.6 is 39.1 Å². The van der Waals surface area contributed by atoms with Gasteiger partial charge in [-0.25, -0.2) is 9.59 Å². The molecule has 0 spiro atoms. The van der Waals surface area contributed by atoms with E-state index in [1.54, 1.807) is 6.07 Å². The van der Waals surface area contributed by atoms with Crippen LogP contribution in [0, 0.1) is 0 Å². The number of carboxylic acid groups (broad SMARTS) is 1. The van der Waals surface area contributed by atoms with Crippen molar-refractivity contribution in [1.29, 1.82) is 0 Å². The molecule has 1 rings (SSSR count). The molecule has 0 aliphatic heterocycles. The highest BCUT2D eigenvalue weighted by Crippen LogP contribution is 2.35. The standard InChI is InChI=1S/C10H9BrCl2N2O4/c11-4-1-2-5(8(13)7(4)12)14-10(19)15-6(3-16)9(17)18/h1-2,6,16H,3H2,(H,17,18)(H2,14,15,19)/t6-/m0/s1. The Bertz CT molecular complexity index is 513. The second kappa shape index (κ2) is 6.95. The van der Waals surface area contributed by atoms with Crippen molar-refractivity contribution in [3.8, 4) is 0 Å². The Morgan fingerprint density at radius 2 is 1.95 bits per heavy atom. The topological polar surface area (TPSA) is 98.7 Å². The summed E-state index contributed by atoms with van der Waals surface area (Å²) < 4.78 is 0.559. The minimum atomic E-state index is -1.40. The van der Waals surface area contributed by atoms with Gasteiger partial charge in [0.2, 0.25) is 0 Å². The molecule has 0 radical (unpaired) electrons. The lowest BCUT2D eigenvalue weighted by molar-refractivity contribution is -0.140. The normalized spacial score (nSPS) is 11.8. The van der Waals surface area contributed by atoms with Gasteiger partial charge in [-0.1, -0.05) is 23.2 Å². The number of urea groups is 1. The molecule has 0 aliphatic rings. The van der Waals surface area contributed by atoms with Crippen molar-refractivity contribution in [2.24, 2.45) is 0 Å². The zero-order chi connectivity index (χ0) is 14.6. The number of aliphatic hydroxyl groups is 1. The number of benzene rings is 1. The van der Waals surface area contributed by atoms with E-state index in [-0.39, 0.29) is 15.7 Å². The van der Waals surface area contributed by atoms with Gasteiger partial charge in [0, 0.05) is 4.47 Å². The molecule has 0 unspecified atom stereocenters. The van der Waals surface area contributed by atoms with Crippen LogP contribution in [0.2, 0.25) is 10.0 Å². The highest BCUT2D eigenvalue weighted by molar-refractivity contribution is 9.10. The van der Waals surface area contributed by atoms with Crippen LogP contribution in [0.5, 0.6) is 0 Å². The molecule has 0 saturated heterocycles. The molecule has 9 heteroatoms. The van der Waals surface area contributed by atoms with Crippen molar-refractivity contribution < 1.29 is 19.8 Å². The van der Waals surface area contributed by atoms with E-state index >= 15 is 0 Å². The van der Waals surface area contributed by atoms with Crippen LogP contribution in [0.15, 0.2) is 16.6 Å². The number of nitrogens with one attached hydrogen (secondary N) is 2. The van der Waals surface area contributed by atoms with Crippen LogP contribution in [0.1, 0.15) is 0 Å². The van der Waals surface area contributed by atoms with Gasteiger partial charge in [0.05, 0.1) is 22.3 Å². The first-order valence-electron chi connectivity index (χ1n) is 4.91. The summed E-state index contributed by atoms with van der Waals surface area (Å²) in [5, 5.41) is 22.2. The SMILES string of the molecule is O=C(Nc1ccc(Br)c(Cl)c1Cl)N[C@@H](CO)C(=O)O. The monoisotopic (exact) mass is 370 g/mol. The maximum absolute atomic E-state index is 11.5. The molecule has 0 bridgehead atoms. The molecule has 1 atom stereocenters. The summed E-state index contributed by atoms with van der Waals surface area (Å²) in [7, 11) is 0. The van der Waals surface area contributed by atoms with Crippen molar-refractivity contribution in [1.82, 2.24) is 5.32 Å². The lowest BCUT2D eigenvalue weighted by atomic mass is 10.3. The molecule has 0 fully saturated rings. The third kappa shape index (κ3) is 4.24. The van der Waals surface area contributed by atoms with Gasteiger partial charge in [-0.05, 0) is 28.1 Å². The van der Waals surface area contributed by atoms with Crippen LogP contribution in [-0.2, 0) is 4.79 Å². The van der Waals surface area contributed by atoms with Crippen LogP contribution in [0.3, 0.4) is 0 Å². The van der Waals surface area contributed by atoms with Gasteiger partial charge < -0.3 is 20.8 Å². The Kier molecular flexibility index (Phi) is 5.86. The minimum absolute atomic E-state index is 0.113. The van der Waals surface area contributed by atoms with Crippen molar-refractivity contribution in [2.75, 3.05) is 11.9 Å². The number of amides is 2. The smallest absolute Gasteiger partial charge is 0.328 e. The minimum Gasteiger partial charge on any atom is -0.480 e. The summed E-state index contributed by atoms with van der Waals surface area (Å²) in [5.41, 5.74) is 0.217. The summed E-state index contributed by atoms with van der Waals surface area (Å²) in [4.78, 5) is 22.2. The Morgan fingerprint density at radius 1 is 1.32 bits per heavy atom. The molecule has 2 amide bonds. The third-order valence-corrected chi connectivity index (χ3v) is 3.84. The van der Waals surface area contributed by atoms with E-state index in [9.17, 15) is 9.59 Å². The number of aliphatic carboxylic acids is 1. The number of aliphatic hydroxyl groups excluding tert-OH is 1. The predicted octanol–water partition coefficient (Wildman–Crippen LogP) is 2.32. The number of hydrogen-bond acceptors (Lipinski definition) is 3. The van der Waals surface area contributed by atoms with Crippen LogP contribution in [0.25, 0.3) is 0 Å². The summed E-state index contributed by atoms with van der Waals surface area (Å²) in [6.45, 7) is -0.725. The molecule has 0 heterocycles. The maximum Gasteiger partial charge on any atom is 0.328 e. The van der Waals surface area contributed by atoms with E-state index in [4.69, 9.17) is 33.4 Å². The molecular weight excluding hydrogens is 363 g/mol. The number of rotatable bonds is 4. The van der Waals surface area contributed by atoms with Crippen LogP contribution < -0.4 is 10.6 Å². The van der Waals surface area contributed by atoms with E-state index < -0.39 is 24.6 Å². The second-order valence-corrected chi connectivity index (χ2v) is 5.01. The van der Waals surface area contributed by atoms with Crippen LogP contribution in [-0.4, -0.2) is 34.9 Å². The first-order valence-corrected chi connectivity index (χ1v) is 6.46. The van der Waals surface area contributed by atoms with E-state index in [1.807, 2.05) is 0 Å². The Morgan fingerprint density at radius 3 is 2.47 bits per heavy atom. The van der Waals surface area contributed by atoms with Crippen LogP contribution in [0.4, 0.5) is 10.5 Å². The summed E-state index contributed by atoms with van der Waals surface area (Å²) in [6.07, 6.45) is 0. The highest BCUT2D eigenvalue weighted by Gasteiger charge is 2.19. The van der Waals surface area contributed by atoms with E-state index in [0.717, 1.165) is 0 Å². The zero-order valence-electron chi connectivity index (χ0n) is 9.28. The first kappa shape index (κ1) is 16.0. The van der Waals surface area contributed by atoms with Crippen molar-refractivity contribution >= 4 is 56.8 Å². The number of halogens is 3. The largest absolute Gasteiger partial charge is 0.480 e. The van der Waals surface area contributed by atoms with Crippen molar-refractivity contribution in [3.63, 3.8) is 0 Å². The van der Waals surface area contributed by atoms with E-state index in [2.05, 4.69) is 26.6 Å². The summed E-state index contributed by atoms with van der Waals surface area (Å²) in [6, 6.07) is 0.850. The number of anilines is 1. The van der Waals surface area contributed by atoms with Gasteiger partial charge in [-0.3, -0.25) is 0 Å². The van der Waals surface area contributed by atoms with Crippen molar-refractivity contribution in [2.45, 2.75) is 6.04 Å². The zero-order valence-corrected chi connectivity index (χ0v) is 12.4. The number of carboxylic acids is 1. The van der Waals surface area contributed by atoms with E-state index in [0.29, 0.717) is 4.47 Å². The lowest BCUT2D eigenvalue weighted by Crippen LogP contribution is -2.45. The molecule has 0 saturated carbocycles. The summed E-state index contributed by atoms with van der Waals surface area (Å²) in [5.74, 6) is -1.35. The molecule has 104 valence electrons. The van der Waals surface area contributed by atoms with Gasteiger partial charge in [-0.15, -0.1) is 0 Å². The molecule has 1 aromatic carbocycles. The number of carbonyl (C=O) groups is 2. The average Bonchev–Trinajstić information content (AvgIpc) is 2.36. The maximum atomic E-state index is 11.5. The fourth-order valence-corrected chi connectivity index (χ4v) is 1.95. The van der Waals surface area contributed by atoms with Crippen molar-refractivity contribution in [3.05, 3.63) is 26.7 Å². The third-order valence-electron chi connectivity index (χ3n) is 2.07. The molecule has 0 aromatic heterocycles. The molecular formula is C10H9BrCl2N2O4. The molecule has 4 N–H and O–H groups in total. The highest BCUT2D eigenvalue weighted by atomic mass is 79.9.